The van der Waals surface area contributed by atoms with E-state index in [2.05, 4.69) is 5.32 Å². The van der Waals surface area contributed by atoms with Gasteiger partial charge in [-0.1, -0.05) is 25.7 Å². The van der Waals surface area contributed by atoms with Gasteiger partial charge in [-0.15, -0.1) is 0 Å². The number of rotatable bonds is 5. The van der Waals surface area contributed by atoms with Gasteiger partial charge in [0.1, 0.15) is 0 Å². The zero-order chi connectivity index (χ0) is 15.2. The van der Waals surface area contributed by atoms with Crippen LogP contribution in [0.4, 0.5) is 13.2 Å². The molecule has 0 bridgehead atoms. The molecule has 1 aliphatic rings. The maximum absolute atomic E-state index is 12.0. The summed E-state index contributed by atoms with van der Waals surface area (Å²) >= 11 is 0. The maximum atomic E-state index is 12.0. The number of aliphatic carboxylic acids is 1. The van der Waals surface area contributed by atoms with Crippen molar-refractivity contribution in [2.75, 3.05) is 6.54 Å². The van der Waals surface area contributed by atoms with Crippen molar-refractivity contribution in [1.29, 1.82) is 0 Å². The van der Waals surface area contributed by atoms with Gasteiger partial charge in [0.2, 0.25) is 5.91 Å². The second kappa shape index (κ2) is 6.95. The molecule has 20 heavy (non-hydrogen) atoms. The molecule has 1 aliphatic carbocycles. The first-order chi connectivity index (χ1) is 9.25. The van der Waals surface area contributed by atoms with E-state index in [1.54, 1.807) is 0 Å². The van der Waals surface area contributed by atoms with Crippen molar-refractivity contribution in [2.45, 2.75) is 57.5 Å². The molecular formula is C13H20F3NO3. The highest BCUT2D eigenvalue weighted by Crippen LogP contribution is 2.38. The van der Waals surface area contributed by atoms with Crippen molar-refractivity contribution in [1.82, 2.24) is 5.32 Å². The van der Waals surface area contributed by atoms with E-state index < -0.39 is 36.4 Å². The Morgan fingerprint density at radius 1 is 1.10 bits per heavy atom. The molecule has 0 heterocycles. The monoisotopic (exact) mass is 295 g/mol. The minimum atomic E-state index is -4.32. The average Bonchev–Trinajstić information content (AvgIpc) is 2.53. The number of carbonyl (C=O) groups is 2. The van der Waals surface area contributed by atoms with E-state index in [0.717, 1.165) is 25.7 Å². The van der Waals surface area contributed by atoms with Gasteiger partial charge in [0.25, 0.3) is 0 Å². The molecule has 0 aromatic rings. The Hall–Kier alpha value is -1.27. The van der Waals surface area contributed by atoms with Gasteiger partial charge < -0.3 is 10.4 Å². The van der Waals surface area contributed by atoms with Gasteiger partial charge in [0.05, 0.1) is 11.8 Å². The summed E-state index contributed by atoms with van der Waals surface area (Å²) in [4.78, 5) is 23.1. The van der Waals surface area contributed by atoms with E-state index in [4.69, 9.17) is 0 Å². The largest absolute Gasteiger partial charge is 0.481 e. The highest BCUT2D eigenvalue weighted by atomic mass is 19.4. The van der Waals surface area contributed by atoms with Crippen LogP contribution < -0.4 is 5.32 Å². The van der Waals surface area contributed by atoms with Crippen LogP contribution in [-0.2, 0) is 9.59 Å². The molecule has 0 radical (unpaired) electrons. The lowest BCUT2D eigenvalue weighted by Crippen LogP contribution is -2.38. The smallest absolute Gasteiger partial charge is 0.390 e. The highest BCUT2D eigenvalue weighted by Gasteiger charge is 2.40. The van der Waals surface area contributed by atoms with Crippen LogP contribution in [-0.4, -0.2) is 29.7 Å². The third-order valence-corrected chi connectivity index (χ3v) is 3.74. The first-order valence-corrected chi connectivity index (χ1v) is 6.82. The van der Waals surface area contributed by atoms with Gasteiger partial charge in [-0.05, 0) is 12.8 Å². The van der Waals surface area contributed by atoms with Crippen LogP contribution in [0.2, 0.25) is 0 Å². The van der Waals surface area contributed by atoms with E-state index in [0.29, 0.717) is 12.8 Å². The molecule has 0 saturated heterocycles. The van der Waals surface area contributed by atoms with Crippen LogP contribution in [0.1, 0.15) is 51.4 Å². The Bertz CT molecular complexity index is 347. The van der Waals surface area contributed by atoms with E-state index in [1.807, 2.05) is 0 Å². The molecule has 116 valence electrons. The highest BCUT2D eigenvalue weighted by molar-refractivity contribution is 5.85. The van der Waals surface area contributed by atoms with Crippen LogP contribution in [0.25, 0.3) is 0 Å². The lowest BCUT2D eigenvalue weighted by atomic mass is 9.77. The second-order valence-electron chi connectivity index (χ2n) is 5.39. The molecule has 0 aliphatic heterocycles. The van der Waals surface area contributed by atoms with Crippen LogP contribution in [0.5, 0.6) is 0 Å². The van der Waals surface area contributed by atoms with E-state index >= 15 is 0 Å². The van der Waals surface area contributed by atoms with Gasteiger partial charge >= 0.3 is 12.1 Å². The lowest BCUT2D eigenvalue weighted by Gasteiger charge is -2.27. The van der Waals surface area contributed by atoms with Crippen molar-refractivity contribution in [2.24, 2.45) is 5.41 Å². The molecule has 1 saturated carbocycles. The zero-order valence-corrected chi connectivity index (χ0v) is 11.3. The number of hydrogen-bond acceptors (Lipinski definition) is 2. The van der Waals surface area contributed by atoms with Crippen molar-refractivity contribution in [3.8, 4) is 0 Å². The molecule has 0 unspecified atom stereocenters. The Balaban J connectivity index is 2.53. The van der Waals surface area contributed by atoms with E-state index in [-0.39, 0.29) is 6.42 Å². The Morgan fingerprint density at radius 3 is 2.10 bits per heavy atom. The molecule has 0 aromatic heterocycles. The topological polar surface area (TPSA) is 66.4 Å². The lowest BCUT2D eigenvalue weighted by molar-refractivity contribution is -0.153. The first kappa shape index (κ1) is 16.8. The standard InChI is InChI=1S/C13H20F3NO3/c14-13(15,16)7-8-17-10(18)9-12(11(19)20)5-3-1-2-4-6-12/h1-9H2,(H,17,18)(H,19,20). The average molecular weight is 295 g/mol. The Morgan fingerprint density at radius 2 is 1.65 bits per heavy atom. The third-order valence-electron chi connectivity index (χ3n) is 3.74. The fraction of sp³-hybridized carbons (Fsp3) is 0.846. The van der Waals surface area contributed by atoms with Crippen molar-refractivity contribution >= 4 is 11.9 Å². The van der Waals surface area contributed by atoms with Gasteiger partial charge in [-0.3, -0.25) is 9.59 Å². The number of nitrogens with one attached hydrogen (secondary N) is 1. The number of carboxylic acid groups (broad SMARTS) is 1. The van der Waals surface area contributed by atoms with E-state index in [1.165, 1.54) is 0 Å². The number of hydrogen-bond donors (Lipinski definition) is 2. The maximum Gasteiger partial charge on any atom is 0.390 e. The molecule has 0 aromatic carbocycles. The van der Waals surface area contributed by atoms with Gasteiger partial charge in [-0.2, -0.15) is 13.2 Å². The molecule has 7 heteroatoms. The summed E-state index contributed by atoms with van der Waals surface area (Å²) < 4.78 is 35.9. The van der Waals surface area contributed by atoms with Crippen LogP contribution in [0.15, 0.2) is 0 Å². The van der Waals surface area contributed by atoms with Crippen LogP contribution >= 0.6 is 0 Å². The summed E-state index contributed by atoms with van der Waals surface area (Å²) in [6.07, 6.45) is -1.48. The SMILES string of the molecule is O=C(CC1(C(=O)O)CCCCCC1)NCCC(F)(F)F. The summed E-state index contributed by atoms with van der Waals surface area (Å²) in [6, 6.07) is 0. The number of alkyl halides is 3. The summed E-state index contributed by atoms with van der Waals surface area (Å²) in [5.41, 5.74) is -1.11. The summed E-state index contributed by atoms with van der Waals surface area (Å²) in [7, 11) is 0. The third kappa shape index (κ3) is 5.38. The molecule has 4 nitrogen and oxygen atoms in total. The number of carbonyl (C=O) groups excluding carboxylic acids is 1. The van der Waals surface area contributed by atoms with Gasteiger partial charge in [0.15, 0.2) is 0 Å². The number of halogens is 3. The van der Waals surface area contributed by atoms with E-state index in [9.17, 15) is 27.9 Å². The van der Waals surface area contributed by atoms with Gasteiger partial charge in [-0.25, -0.2) is 0 Å². The minimum absolute atomic E-state index is 0.236. The first-order valence-electron chi connectivity index (χ1n) is 6.82. The predicted molar refractivity (Wildman–Crippen MR) is 66.1 cm³/mol. The molecular weight excluding hydrogens is 275 g/mol. The summed E-state index contributed by atoms with van der Waals surface area (Å²) in [6.45, 7) is -0.502. The summed E-state index contributed by atoms with van der Waals surface area (Å²) in [5, 5.41) is 11.5. The molecule has 0 spiro atoms. The van der Waals surface area contributed by atoms with Crippen LogP contribution in [0, 0.1) is 5.41 Å². The normalized spacial score (nSPS) is 19.1. The van der Waals surface area contributed by atoms with Crippen molar-refractivity contribution < 1.29 is 27.9 Å². The Kier molecular flexibility index (Phi) is 5.83. The molecule has 1 rings (SSSR count). The number of carboxylic acids is 1. The number of amides is 1. The predicted octanol–water partition coefficient (Wildman–Crippen LogP) is 2.87. The van der Waals surface area contributed by atoms with Crippen LogP contribution in [0.3, 0.4) is 0 Å². The fourth-order valence-corrected chi connectivity index (χ4v) is 2.59. The molecule has 2 N–H and O–H groups in total. The van der Waals surface area contributed by atoms with Gasteiger partial charge in [0, 0.05) is 13.0 Å². The molecule has 1 fully saturated rings. The van der Waals surface area contributed by atoms with Crippen molar-refractivity contribution in [3.63, 3.8) is 0 Å². The fourth-order valence-electron chi connectivity index (χ4n) is 2.59. The quantitative estimate of drug-likeness (QED) is 0.766. The molecule has 0 atom stereocenters. The van der Waals surface area contributed by atoms with Crippen molar-refractivity contribution in [3.05, 3.63) is 0 Å². The minimum Gasteiger partial charge on any atom is -0.481 e. The molecule has 1 amide bonds. The Labute approximate surface area is 115 Å². The summed E-state index contributed by atoms with van der Waals surface area (Å²) in [5.74, 6) is -1.64. The second-order valence-corrected chi connectivity index (χ2v) is 5.39. The zero-order valence-electron chi connectivity index (χ0n) is 11.3.